The fourth-order valence-corrected chi connectivity index (χ4v) is 7.09. The lowest BCUT2D eigenvalue weighted by Gasteiger charge is -2.25. The molecule has 4 heteroatoms. The Morgan fingerprint density at radius 2 is 1.28 bits per heavy atom. The van der Waals surface area contributed by atoms with Crippen LogP contribution in [0.1, 0.15) is 64.3 Å². The molecule has 0 N–H and O–H groups in total. The van der Waals surface area contributed by atoms with Gasteiger partial charge < -0.3 is 8.98 Å². The van der Waals surface area contributed by atoms with E-state index in [4.69, 9.17) is 14.4 Å². The molecule has 248 valence electrons. The van der Waals surface area contributed by atoms with E-state index in [1.54, 1.807) is 0 Å². The summed E-state index contributed by atoms with van der Waals surface area (Å²) in [5, 5.41) is 2.08. The molecule has 3 heterocycles. The quantitative estimate of drug-likeness (QED) is 0.172. The third-order valence-corrected chi connectivity index (χ3v) is 10.3. The normalized spacial score (nSPS) is 12.8. The van der Waals surface area contributed by atoms with E-state index in [2.05, 4.69) is 174 Å². The van der Waals surface area contributed by atoms with Gasteiger partial charge in [0.2, 0.25) is 5.71 Å². The van der Waals surface area contributed by atoms with Gasteiger partial charge in [0, 0.05) is 22.4 Å². The number of hydrogen-bond acceptors (Lipinski definition) is 3. The number of para-hydroxylation sites is 3. The fraction of sp³-hybridized carbons (Fsp3) is 0.217. The Bertz CT molecular complexity index is 2420. The molecule has 0 amide bonds. The molecule has 50 heavy (non-hydrogen) atoms. The summed E-state index contributed by atoms with van der Waals surface area (Å²) in [7, 11) is 0. The third kappa shape index (κ3) is 5.59. The van der Waals surface area contributed by atoms with Crippen LogP contribution in [0.25, 0.3) is 66.7 Å². The second-order valence-electron chi connectivity index (χ2n) is 14.9. The lowest BCUT2D eigenvalue weighted by molar-refractivity contribution is 0.521. The molecule has 0 fully saturated rings. The molecular formula is C46H43N3O. The first kappa shape index (κ1) is 31.8. The molecule has 0 saturated heterocycles. The molecule has 4 nitrogen and oxygen atoms in total. The van der Waals surface area contributed by atoms with Crippen LogP contribution in [0.4, 0.5) is 0 Å². The molecule has 0 aliphatic rings. The molecule has 3 aromatic heterocycles. The van der Waals surface area contributed by atoms with Crippen LogP contribution in [0, 0.1) is 5.92 Å². The number of rotatable bonds is 7. The van der Waals surface area contributed by atoms with E-state index in [9.17, 15) is 0 Å². The summed E-state index contributed by atoms with van der Waals surface area (Å²) >= 11 is 0. The predicted octanol–water partition coefficient (Wildman–Crippen LogP) is 12.4. The first-order valence-corrected chi connectivity index (χ1v) is 17.7. The van der Waals surface area contributed by atoms with Crippen molar-refractivity contribution in [1.29, 1.82) is 0 Å². The van der Waals surface area contributed by atoms with Crippen LogP contribution in [0.15, 0.2) is 132 Å². The average molecular weight is 654 g/mol. The summed E-state index contributed by atoms with van der Waals surface area (Å²) in [6, 6.07) is 45.6. The standard InChI is InChI=1S/C46H43N3O/c1-29(2)30(3)40-25-24-35-34-20-15-21-36(43(34)50-45(35)48-40)44-47-41-22-13-14-23-42(41)49(44)28-39-37(31-16-9-7-10-17-31)26-33(46(4,5)6)27-38(39)32-18-11-8-12-19-32/h7-27,29-30H,28H2,1-6H3. The number of benzene rings is 5. The van der Waals surface area contributed by atoms with Gasteiger partial charge in [0.1, 0.15) is 11.4 Å². The number of furan rings is 1. The highest BCUT2D eigenvalue weighted by molar-refractivity contribution is 6.08. The zero-order chi connectivity index (χ0) is 34.6. The van der Waals surface area contributed by atoms with Gasteiger partial charge in [-0.1, -0.05) is 139 Å². The van der Waals surface area contributed by atoms with Crippen LogP contribution >= 0.6 is 0 Å². The van der Waals surface area contributed by atoms with Gasteiger partial charge >= 0.3 is 0 Å². The Balaban J connectivity index is 1.39. The van der Waals surface area contributed by atoms with Crippen molar-refractivity contribution in [1.82, 2.24) is 14.5 Å². The molecule has 8 rings (SSSR count). The van der Waals surface area contributed by atoms with Crippen LogP contribution < -0.4 is 0 Å². The van der Waals surface area contributed by atoms with E-state index >= 15 is 0 Å². The molecule has 5 aromatic carbocycles. The number of fused-ring (bicyclic) bond motifs is 4. The second-order valence-corrected chi connectivity index (χ2v) is 14.9. The van der Waals surface area contributed by atoms with Gasteiger partial charge in [0.05, 0.1) is 23.1 Å². The zero-order valence-corrected chi connectivity index (χ0v) is 29.7. The second kappa shape index (κ2) is 12.4. The fourth-order valence-electron chi connectivity index (χ4n) is 7.09. The molecular weight excluding hydrogens is 611 g/mol. The Labute approximate surface area is 294 Å². The van der Waals surface area contributed by atoms with Crippen LogP contribution in [0.2, 0.25) is 0 Å². The Morgan fingerprint density at radius 3 is 1.92 bits per heavy atom. The highest BCUT2D eigenvalue weighted by Gasteiger charge is 2.24. The summed E-state index contributed by atoms with van der Waals surface area (Å²) in [6.45, 7) is 14.2. The summed E-state index contributed by atoms with van der Waals surface area (Å²) < 4.78 is 9.06. The molecule has 0 spiro atoms. The van der Waals surface area contributed by atoms with Crippen LogP contribution in [-0.2, 0) is 12.0 Å². The highest BCUT2D eigenvalue weighted by atomic mass is 16.3. The minimum Gasteiger partial charge on any atom is -0.437 e. The van der Waals surface area contributed by atoms with E-state index in [-0.39, 0.29) is 5.41 Å². The first-order chi connectivity index (χ1) is 24.2. The van der Waals surface area contributed by atoms with E-state index < -0.39 is 0 Å². The predicted molar refractivity (Wildman–Crippen MR) is 209 cm³/mol. The van der Waals surface area contributed by atoms with Gasteiger partial charge in [-0.15, -0.1) is 0 Å². The third-order valence-electron chi connectivity index (χ3n) is 10.3. The van der Waals surface area contributed by atoms with Crippen molar-refractivity contribution in [2.75, 3.05) is 0 Å². The van der Waals surface area contributed by atoms with Crippen LogP contribution in [0.5, 0.6) is 0 Å². The zero-order valence-electron chi connectivity index (χ0n) is 29.7. The number of pyridine rings is 1. The summed E-state index contributed by atoms with van der Waals surface area (Å²) in [6.07, 6.45) is 0. The van der Waals surface area contributed by atoms with Crippen molar-refractivity contribution < 1.29 is 4.42 Å². The van der Waals surface area contributed by atoms with Gasteiger partial charge in [-0.3, -0.25) is 0 Å². The summed E-state index contributed by atoms with van der Waals surface area (Å²) in [5.41, 5.74) is 13.0. The molecule has 0 bridgehead atoms. The van der Waals surface area contributed by atoms with Gasteiger partial charge in [-0.25, -0.2) is 9.97 Å². The maximum Gasteiger partial charge on any atom is 0.227 e. The van der Waals surface area contributed by atoms with Crippen molar-refractivity contribution in [3.63, 3.8) is 0 Å². The summed E-state index contributed by atoms with van der Waals surface area (Å²) in [5.74, 6) is 1.70. The van der Waals surface area contributed by atoms with Crippen molar-refractivity contribution in [3.8, 4) is 33.6 Å². The van der Waals surface area contributed by atoms with Gasteiger partial charge in [-0.2, -0.15) is 0 Å². The highest BCUT2D eigenvalue weighted by Crippen LogP contribution is 2.41. The maximum atomic E-state index is 6.68. The minimum atomic E-state index is -0.0315. The number of nitrogens with zero attached hydrogens (tertiary/aromatic N) is 3. The molecule has 0 aliphatic heterocycles. The first-order valence-electron chi connectivity index (χ1n) is 17.7. The number of aromatic nitrogens is 3. The minimum absolute atomic E-state index is 0.0315. The van der Waals surface area contributed by atoms with Crippen LogP contribution in [0.3, 0.4) is 0 Å². The lowest BCUT2D eigenvalue weighted by atomic mass is 9.81. The smallest absolute Gasteiger partial charge is 0.227 e. The van der Waals surface area contributed by atoms with Crippen molar-refractivity contribution in [2.24, 2.45) is 5.92 Å². The van der Waals surface area contributed by atoms with Crippen LogP contribution in [-0.4, -0.2) is 14.5 Å². The number of hydrogen-bond donors (Lipinski definition) is 0. The van der Waals surface area contributed by atoms with E-state index in [1.807, 2.05) is 0 Å². The Kier molecular flexibility index (Phi) is 7.91. The number of imidazole rings is 1. The van der Waals surface area contributed by atoms with Crippen molar-refractivity contribution >= 4 is 33.1 Å². The van der Waals surface area contributed by atoms with Gasteiger partial charge in [0.25, 0.3) is 0 Å². The maximum absolute atomic E-state index is 6.68. The van der Waals surface area contributed by atoms with Gasteiger partial charge in [-0.05, 0) is 75.0 Å². The van der Waals surface area contributed by atoms with E-state index in [1.165, 1.54) is 33.4 Å². The summed E-state index contributed by atoms with van der Waals surface area (Å²) in [4.78, 5) is 10.3. The molecule has 1 unspecified atom stereocenters. The molecule has 1 atom stereocenters. The van der Waals surface area contributed by atoms with Crippen molar-refractivity contribution in [3.05, 3.63) is 144 Å². The van der Waals surface area contributed by atoms with E-state index in [0.717, 1.165) is 44.5 Å². The molecule has 8 aromatic rings. The molecule has 0 aliphatic carbocycles. The topological polar surface area (TPSA) is 43.9 Å². The van der Waals surface area contributed by atoms with Crippen molar-refractivity contribution in [2.45, 2.75) is 59.4 Å². The average Bonchev–Trinajstić information content (AvgIpc) is 3.69. The largest absolute Gasteiger partial charge is 0.437 e. The Hall–Kier alpha value is -5.48. The van der Waals surface area contributed by atoms with Gasteiger partial charge in [0.15, 0.2) is 0 Å². The monoisotopic (exact) mass is 653 g/mol. The van der Waals surface area contributed by atoms with E-state index in [0.29, 0.717) is 24.1 Å². The molecule has 0 saturated carbocycles. The Morgan fingerprint density at radius 1 is 0.640 bits per heavy atom. The lowest BCUT2D eigenvalue weighted by Crippen LogP contribution is -2.13. The molecule has 0 radical (unpaired) electrons. The SMILES string of the molecule is CC(C)C(C)c1ccc2c(n1)oc1c(-c3nc4ccccc4n3Cc3c(-c4ccccc4)cc(C(C)(C)C)cc3-c3ccccc3)cccc12.